The first kappa shape index (κ1) is 19.5. The third-order valence-corrected chi connectivity index (χ3v) is 4.93. The molecule has 0 aromatic heterocycles. The lowest BCUT2D eigenvalue weighted by Crippen LogP contribution is -2.24. The molecule has 0 aliphatic heterocycles. The molecule has 2 rings (SSSR count). The highest BCUT2D eigenvalue weighted by Gasteiger charge is 2.09. The average molecular weight is 380 g/mol. The molecule has 1 N–H and O–H groups in total. The highest BCUT2D eigenvalue weighted by molar-refractivity contribution is 7.99. The summed E-state index contributed by atoms with van der Waals surface area (Å²) < 4.78 is 10.6. The minimum atomic E-state index is 0.00288. The summed E-state index contributed by atoms with van der Waals surface area (Å²) >= 11 is 7.50. The number of thioether (sulfide) groups is 1. The van der Waals surface area contributed by atoms with Gasteiger partial charge in [0.05, 0.1) is 20.0 Å². The van der Waals surface area contributed by atoms with Crippen molar-refractivity contribution in [1.29, 1.82) is 0 Å². The zero-order valence-electron chi connectivity index (χ0n) is 14.6. The number of methoxy groups -OCH3 is 2. The monoisotopic (exact) mass is 379 g/mol. The number of nitrogens with one attached hydrogen (secondary N) is 1. The van der Waals surface area contributed by atoms with Crippen LogP contribution in [0.3, 0.4) is 0 Å². The van der Waals surface area contributed by atoms with Gasteiger partial charge in [-0.05, 0) is 47.9 Å². The van der Waals surface area contributed by atoms with Gasteiger partial charge in [-0.3, -0.25) is 4.79 Å². The summed E-state index contributed by atoms with van der Waals surface area (Å²) in [5.74, 6) is 2.55. The summed E-state index contributed by atoms with van der Waals surface area (Å²) in [5.41, 5.74) is 3.23. The van der Waals surface area contributed by atoms with Crippen molar-refractivity contribution in [2.75, 3.05) is 20.0 Å². The van der Waals surface area contributed by atoms with Crippen LogP contribution in [0.15, 0.2) is 36.4 Å². The Morgan fingerprint density at radius 2 is 1.88 bits per heavy atom. The lowest BCUT2D eigenvalue weighted by atomic mass is 10.1. The minimum absolute atomic E-state index is 0.00288. The van der Waals surface area contributed by atoms with Crippen LogP contribution in [0.5, 0.6) is 11.5 Å². The van der Waals surface area contributed by atoms with Crippen molar-refractivity contribution in [2.24, 2.45) is 0 Å². The van der Waals surface area contributed by atoms with E-state index in [-0.39, 0.29) is 5.91 Å². The van der Waals surface area contributed by atoms with Crippen LogP contribution in [0.25, 0.3) is 0 Å². The van der Waals surface area contributed by atoms with Gasteiger partial charge in [-0.25, -0.2) is 0 Å². The van der Waals surface area contributed by atoms with E-state index < -0.39 is 0 Å². The number of halogens is 1. The summed E-state index contributed by atoms with van der Waals surface area (Å²) in [6, 6.07) is 11.4. The molecule has 6 heteroatoms. The summed E-state index contributed by atoms with van der Waals surface area (Å²) in [6.45, 7) is 2.51. The molecule has 0 heterocycles. The number of hydrogen-bond donors (Lipinski definition) is 1. The minimum Gasteiger partial charge on any atom is -0.493 e. The average Bonchev–Trinajstić information content (AvgIpc) is 2.61. The molecular weight excluding hydrogens is 358 g/mol. The largest absolute Gasteiger partial charge is 0.493 e. The molecule has 0 spiro atoms. The van der Waals surface area contributed by atoms with Crippen LogP contribution in [-0.4, -0.2) is 25.9 Å². The fourth-order valence-electron chi connectivity index (χ4n) is 2.33. The van der Waals surface area contributed by atoms with Crippen molar-refractivity contribution in [3.05, 3.63) is 58.1 Å². The zero-order chi connectivity index (χ0) is 18.2. The van der Waals surface area contributed by atoms with Crippen molar-refractivity contribution in [1.82, 2.24) is 5.32 Å². The second kappa shape index (κ2) is 9.59. The lowest BCUT2D eigenvalue weighted by molar-refractivity contribution is -0.118. The molecule has 0 unspecified atom stereocenters. The predicted molar refractivity (Wildman–Crippen MR) is 104 cm³/mol. The van der Waals surface area contributed by atoms with Gasteiger partial charge in [0, 0.05) is 17.3 Å². The molecule has 2 aromatic carbocycles. The van der Waals surface area contributed by atoms with Gasteiger partial charge in [0.2, 0.25) is 5.91 Å². The van der Waals surface area contributed by atoms with E-state index in [1.807, 2.05) is 43.3 Å². The fraction of sp³-hybridized carbons (Fsp3) is 0.316. The normalized spacial score (nSPS) is 10.4. The van der Waals surface area contributed by atoms with Crippen LogP contribution in [0.1, 0.15) is 16.7 Å². The molecule has 0 aliphatic carbocycles. The van der Waals surface area contributed by atoms with Crippen molar-refractivity contribution in [3.63, 3.8) is 0 Å². The number of benzene rings is 2. The summed E-state index contributed by atoms with van der Waals surface area (Å²) in [7, 11) is 3.24. The standard InChI is InChI=1S/C19H22ClNO3S/c1-13-7-17(23-2)18(24-3)9-15(13)11-25-12-19(22)21-10-14-5-4-6-16(20)8-14/h4-9H,10-12H2,1-3H3,(H,21,22). The van der Waals surface area contributed by atoms with Gasteiger partial charge >= 0.3 is 0 Å². The molecule has 0 saturated heterocycles. The highest BCUT2D eigenvalue weighted by Crippen LogP contribution is 2.31. The summed E-state index contributed by atoms with van der Waals surface area (Å²) in [6.07, 6.45) is 0. The Labute approximate surface area is 157 Å². The second-order valence-corrected chi connectivity index (χ2v) is 6.96. The Hall–Kier alpha value is -1.85. The Kier molecular flexibility index (Phi) is 7.47. The Balaban J connectivity index is 1.83. The van der Waals surface area contributed by atoms with E-state index in [2.05, 4.69) is 5.32 Å². The van der Waals surface area contributed by atoms with Crippen LogP contribution < -0.4 is 14.8 Å². The third kappa shape index (κ3) is 5.87. The lowest BCUT2D eigenvalue weighted by Gasteiger charge is -2.12. The first-order valence-corrected chi connectivity index (χ1v) is 9.37. The van der Waals surface area contributed by atoms with Crippen molar-refractivity contribution in [3.8, 4) is 11.5 Å². The van der Waals surface area contributed by atoms with E-state index in [1.165, 1.54) is 0 Å². The maximum absolute atomic E-state index is 12.0. The molecule has 0 atom stereocenters. The first-order valence-electron chi connectivity index (χ1n) is 7.84. The number of ether oxygens (including phenoxy) is 2. The van der Waals surface area contributed by atoms with E-state index in [4.69, 9.17) is 21.1 Å². The van der Waals surface area contributed by atoms with Crippen molar-refractivity contribution in [2.45, 2.75) is 19.2 Å². The molecule has 2 aromatic rings. The fourth-order valence-corrected chi connectivity index (χ4v) is 3.46. The number of amides is 1. The molecule has 0 aliphatic rings. The molecule has 0 saturated carbocycles. The van der Waals surface area contributed by atoms with Gasteiger partial charge in [-0.15, -0.1) is 11.8 Å². The third-order valence-electron chi connectivity index (χ3n) is 3.71. The second-order valence-electron chi connectivity index (χ2n) is 5.53. The zero-order valence-corrected chi connectivity index (χ0v) is 16.2. The molecule has 4 nitrogen and oxygen atoms in total. The van der Waals surface area contributed by atoms with Crippen LogP contribution in [0.2, 0.25) is 5.02 Å². The van der Waals surface area contributed by atoms with Gasteiger partial charge < -0.3 is 14.8 Å². The van der Waals surface area contributed by atoms with E-state index in [0.29, 0.717) is 28.8 Å². The Morgan fingerprint density at radius 1 is 1.16 bits per heavy atom. The van der Waals surface area contributed by atoms with Crippen LogP contribution >= 0.6 is 23.4 Å². The van der Waals surface area contributed by atoms with Crippen LogP contribution in [0, 0.1) is 6.92 Å². The number of carbonyl (C=O) groups excluding carboxylic acids is 1. The number of rotatable bonds is 8. The maximum atomic E-state index is 12.0. The van der Waals surface area contributed by atoms with E-state index in [0.717, 1.165) is 22.4 Å². The highest BCUT2D eigenvalue weighted by atomic mass is 35.5. The molecule has 0 fully saturated rings. The Bertz CT molecular complexity index is 737. The van der Waals surface area contributed by atoms with Crippen molar-refractivity contribution >= 4 is 29.3 Å². The molecule has 0 bridgehead atoms. The smallest absolute Gasteiger partial charge is 0.230 e. The predicted octanol–water partition coefficient (Wildman–Crippen LogP) is 4.22. The van der Waals surface area contributed by atoms with E-state index in [9.17, 15) is 4.79 Å². The summed E-state index contributed by atoms with van der Waals surface area (Å²) in [4.78, 5) is 12.0. The van der Waals surface area contributed by atoms with Gasteiger partial charge in [0.1, 0.15) is 0 Å². The topological polar surface area (TPSA) is 47.6 Å². The molecular formula is C19H22ClNO3S. The summed E-state index contributed by atoms with van der Waals surface area (Å²) in [5, 5.41) is 3.58. The molecule has 25 heavy (non-hydrogen) atoms. The van der Waals surface area contributed by atoms with Gasteiger partial charge in [0.25, 0.3) is 0 Å². The number of carbonyl (C=O) groups is 1. The SMILES string of the molecule is COc1cc(C)c(CSCC(=O)NCc2cccc(Cl)c2)cc1OC. The van der Waals surface area contributed by atoms with Gasteiger partial charge in [-0.2, -0.15) is 0 Å². The Morgan fingerprint density at radius 3 is 2.56 bits per heavy atom. The maximum Gasteiger partial charge on any atom is 0.230 e. The van der Waals surface area contributed by atoms with Gasteiger partial charge in [0.15, 0.2) is 11.5 Å². The van der Waals surface area contributed by atoms with Crippen LogP contribution in [-0.2, 0) is 17.1 Å². The van der Waals surface area contributed by atoms with E-state index >= 15 is 0 Å². The quantitative estimate of drug-likeness (QED) is 0.746. The molecule has 0 radical (unpaired) electrons. The van der Waals surface area contributed by atoms with Gasteiger partial charge in [-0.1, -0.05) is 23.7 Å². The number of aryl methyl sites for hydroxylation is 1. The molecule has 134 valence electrons. The van der Waals surface area contributed by atoms with E-state index in [1.54, 1.807) is 26.0 Å². The molecule has 1 amide bonds. The first-order chi connectivity index (χ1) is 12.0. The number of hydrogen-bond acceptors (Lipinski definition) is 4. The van der Waals surface area contributed by atoms with Crippen LogP contribution in [0.4, 0.5) is 0 Å². The van der Waals surface area contributed by atoms with Crippen molar-refractivity contribution < 1.29 is 14.3 Å².